The number of hydrogen-bond donors (Lipinski definition) is 0. The molecule has 0 N–H and O–H groups in total. The Morgan fingerprint density at radius 2 is 0.941 bits per heavy atom. The second kappa shape index (κ2) is 9.30. The summed E-state index contributed by atoms with van der Waals surface area (Å²) in [6.07, 6.45) is 0. The Balaban J connectivity index is 0. The molecule has 4 heteroatoms. The molecule has 0 amide bonds. The molecule has 0 radical (unpaired) electrons. The van der Waals surface area contributed by atoms with Gasteiger partial charge in [0.15, 0.2) is 0 Å². The van der Waals surface area contributed by atoms with E-state index in [0.29, 0.717) is 0 Å². The predicted octanol–water partition coefficient (Wildman–Crippen LogP) is -5.28. The molecule has 17 heavy (non-hydrogen) atoms. The van der Waals surface area contributed by atoms with Crippen molar-refractivity contribution in [2.75, 3.05) is 0 Å². The van der Waals surface area contributed by atoms with Crippen molar-refractivity contribution >= 4 is 21.5 Å². The maximum atomic E-state index is 2.24. The number of rotatable bonds is 0. The van der Waals surface area contributed by atoms with Crippen LogP contribution in [0.3, 0.4) is 0 Å². The maximum absolute atomic E-state index is 2.24. The molecule has 86 valence electrons. The standard InChI is InChI=1S/C13H9.Hf.3HI/c1-3-7-12-10(5-1)9-11-6-2-4-8-13(11)12;;;;/h1-9H;;3*1H/q-1;+4;;;/p-3. The molecule has 0 spiro atoms. The van der Waals surface area contributed by atoms with Crippen LogP contribution in [0.25, 0.3) is 21.5 Å². The Kier molecular flexibility index (Phi) is 11.3. The van der Waals surface area contributed by atoms with Gasteiger partial charge in [0.1, 0.15) is 0 Å². The first-order chi connectivity index (χ1) is 6.45. The molecule has 0 saturated heterocycles. The van der Waals surface area contributed by atoms with Gasteiger partial charge in [0, 0.05) is 0 Å². The van der Waals surface area contributed by atoms with Crippen molar-refractivity contribution in [3.05, 3.63) is 54.6 Å². The summed E-state index contributed by atoms with van der Waals surface area (Å²) in [5.41, 5.74) is 0. The van der Waals surface area contributed by atoms with Crippen molar-refractivity contribution in [3.8, 4) is 0 Å². The third-order valence-electron chi connectivity index (χ3n) is 2.52. The first-order valence-corrected chi connectivity index (χ1v) is 4.48. The van der Waals surface area contributed by atoms with Gasteiger partial charge in [-0.3, -0.25) is 0 Å². The van der Waals surface area contributed by atoms with E-state index in [4.69, 9.17) is 0 Å². The minimum absolute atomic E-state index is 0. The SMILES string of the molecule is [Hf+4].[I-].[I-].[I-].c1ccc2c(c1)[cH-]c1ccccc12. The van der Waals surface area contributed by atoms with Crippen LogP contribution < -0.4 is 71.9 Å². The second-order valence-corrected chi connectivity index (χ2v) is 3.32. The van der Waals surface area contributed by atoms with Gasteiger partial charge in [0.05, 0.1) is 0 Å². The van der Waals surface area contributed by atoms with E-state index in [1.165, 1.54) is 21.5 Å². The Morgan fingerprint density at radius 3 is 1.35 bits per heavy atom. The fraction of sp³-hybridized carbons (Fsp3) is 0. The molecule has 0 bridgehead atoms. The van der Waals surface area contributed by atoms with Gasteiger partial charge in [-0.1, -0.05) is 36.4 Å². The Hall–Kier alpha value is 1.37. The van der Waals surface area contributed by atoms with Crippen LogP contribution in [-0.2, 0) is 25.8 Å². The smallest absolute Gasteiger partial charge is 1.00 e. The quantitative estimate of drug-likeness (QED) is 0.124. The summed E-state index contributed by atoms with van der Waals surface area (Å²) in [6, 6.07) is 19.3. The number of fused-ring (bicyclic) bond motifs is 3. The zero-order valence-corrected chi connectivity index (χ0v) is 18.9. The number of halogens is 3. The second-order valence-electron chi connectivity index (χ2n) is 3.32. The van der Waals surface area contributed by atoms with Crippen molar-refractivity contribution in [1.29, 1.82) is 0 Å². The van der Waals surface area contributed by atoms with Gasteiger partial charge in [-0.05, 0) is 0 Å². The van der Waals surface area contributed by atoms with Gasteiger partial charge in [-0.25, -0.2) is 0 Å². The minimum atomic E-state index is 0. The zero-order chi connectivity index (χ0) is 8.67. The van der Waals surface area contributed by atoms with Crippen LogP contribution in [0, 0.1) is 0 Å². The summed E-state index contributed by atoms with van der Waals surface area (Å²) >= 11 is 0. The van der Waals surface area contributed by atoms with Gasteiger partial charge in [0.25, 0.3) is 0 Å². The van der Waals surface area contributed by atoms with Gasteiger partial charge < -0.3 is 71.9 Å². The topological polar surface area (TPSA) is 0 Å². The van der Waals surface area contributed by atoms with Crippen LogP contribution in [0.15, 0.2) is 54.6 Å². The van der Waals surface area contributed by atoms with E-state index in [0.717, 1.165) is 0 Å². The van der Waals surface area contributed by atoms with Crippen LogP contribution in [0.5, 0.6) is 0 Å². The first kappa shape index (κ1) is 20.7. The van der Waals surface area contributed by atoms with Crippen molar-refractivity contribution in [2.45, 2.75) is 0 Å². The minimum Gasteiger partial charge on any atom is -1.00 e. The molecule has 0 fully saturated rings. The van der Waals surface area contributed by atoms with Crippen LogP contribution in [0.1, 0.15) is 0 Å². The fourth-order valence-electron chi connectivity index (χ4n) is 1.90. The zero-order valence-electron chi connectivity index (χ0n) is 8.83. The van der Waals surface area contributed by atoms with Crippen LogP contribution >= 0.6 is 0 Å². The summed E-state index contributed by atoms with van der Waals surface area (Å²) in [6.45, 7) is 0. The predicted molar refractivity (Wildman–Crippen MR) is 57.0 cm³/mol. The molecule has 0 atom stereocenters. The van der Waals surface area contributed by atoms with Gasteiger partial charge in [-0.15, -0.1) is 39.7 Å². The van der Waals surface area contributed by atoms with Crippen LogP contribution in [-0.4, -0.2) is 0 Å². The monoisotopic (exact) mass is 726 g/mol. The van der Waals surface area contributed by atoms with Gasteiger partial charge >= 0.3 is 25.8 Å². The van der Waals surface area contributed by atoms with E-state index < -0.39 is 0 Å². The summed E-state index contributed by atoms with van der Waals surface area (Å²) < 4.78 is 0. The van der Waals surface area contributed by atoms with E-state index >= 15 is 0 Å². The molecule has 0 aliphatic rings. The molecule has 0 nitrogen and oxygen atoms in total. The number of benzene rings is 2. The van der Waals surface area contributed by atoms with Crippen LogP contribution in [0.2, 0.25) is 0 Å². The Labute approximate surface area is 171 Å². The Morgan fingerprint density at radius 1 is 0.588 bits per heavy atom. The molecule has 3 aromatic carbocycles. The van der Waals surface area contributed by atoms with Crippen molar-refractivity contribution in [2.24, 2.45) is 0 Å². The number of hydrogen-bond acceptors (Lipinski definition) is 0. The molecule has 0 saturated carbocycles. The first-order valence-electron chi connectivity index (χ1n) is 4.48. The molecular weight excluding hydrogens is 715 g/mol. The van der Waals surface area contributed by atoms with Gasteiger partial charge in [0.2, 0.25) is 0 Å². The largest absolute Gasteiger partial charge is 4.00 e. The van der Waals surface area contributed by atoms with E-state index in [-0.39, 0.29) is 97.8 Å². The molecule has 3 rings (SSSR count). The molecule has 3 aromatic rings. The molecule has 0 aliphatic heterocycles. The summed E-state index contributed by atoms with van der Waals surface area (Å²) in [7, 11) is 0. The average molecular weight is 724 g/mol. The molecule has 0 unspecified atom stereocenters. The third kappa shape index (κ3) is 4.17. The van der Waals surface area contributed by atoms with E-state index in [9.17, 15) is 0 Å². The fourth-order valence-corrected chi connectivity index (χ4v) is 1.90. The normalized spacial score (nSPS) is 8.47. The van der Waals surface area contributed by atoms with Crippen LogP contribution in [0.4, 0.5) is 0 Å². The summed E-state index contributed by atoms with van der Waals surface area (Å²) in [4.78, 5) is 0. The van der Waals surface area contributed by atoms with Gasteiger partial charge in [-0.2, -0.15) is 0 Å². The average Bonchev–Trinajstić information content (AvgIpc) is 2.56. The third-order valence-corrected chi connectivity index (χ3v) is 2.52. The molecule has 0 heterocycles. The molecule has 0 aliphatic carbocycles. The van der Waals surface area contributed by atoms with Crippen molar-refractivity contribution in [3.63, 3.8) is 0 Å². The van der Waals surface area contributed by atoms with E-state index in [2.05, 4.69) is 54.6 Å². The Bertz CT molecular complexity index is 524. The maximum Gasteiger partial charge on any atom is 4.00 e. The van der Waals surface area contributed by atoms with Crippen molar-refractivity contribution < 1.29 is 97.8 Å². The summed E-state index contributed by atoms with van der Waals surface area (Å²) in [5.74, 6) is 0. The van der Waals surface area contributed by atoms with E-state index in [1.54, 1.807) is 0 Å². The van der Waals surface area contributed by atoms with Crippen molar-refractivity contribution in [1.82, 2.24) is 0 Å². The van der Waals surface area contributed by atoms with E-state index in [1.807, 2.05) is 0 Å². The molecular formula is C13H9HfI3. The summed E-state index contributed by atoms with van der Waals surface area (Å²) in [5, 5.41) is 5.39. The molecule has 0 aromatic heterocycles.